The highest BCUT2D eigenvalue weighted by Crippen LogP contribution is 2.38. The number of amides is 1. The van der Waals surface area contributed by atoms with Crippen LogP contribution in [0.15, 0.2) is 46.2 Å². The molecule has 0 saturated heterocycles. The lowest BCUT2D eigenvalue weighted by Crippen LogP contribution is -2.28. The Morgan fingerprint density at radius 1 is 1.24 bits per heavy atom. The van der Waals surface area contributed by atoms with Gasteiger partial charge in [0.2, 0.25) is 5.91 Å². The van der Waals surface area contributed by atoms with E-state index in [0.717, 1.165) is 10.5 Å². The molecule has 2 aromatic carbocycles. The van der Waals surface area contributed by atoms with Crippen LogP contribution < -0.4 is 10.0 Å². The van der Waals surface area contributed by atoms with Crippen LogP contribution in [-0.4, -0.2) is 19.6 Å². The summed E-state index contributed by atoms with van der Waals surface area (Å²) in [5.41, 5.74) is 1.71. The summed E-state index contributed by atoms with van der Waals surface area (Å²) in [6.45, 7) is 3.74. The number of hydrogen-bond donors (Lipinski definition) is 2. The summed E-state index contributed by atoms with van der Waals surface area (Å²) in [6.07, 6.45) is 0.714. The average molecular weight is 397 g/mol. The van der Waals surface area contributed by atoms with E-state index >= 15 is 0 Å². The van der Waals surface area contributed by atoms with E-state index in [0.29, 0.717) is 22.8 Å². The SMILES string of the molecule is CCC1Sc2ccc(S(=O)(=O)Nc3cc(Cl)ccc3C)cc2NC1=O. The van der Waals surface area contributed by atoms with Crippen LogP contribution in [0.3, 0.4) is 0 Å². The molecule has 2 aromatic rings. The Labute approximate surface area is 156 Å². The maximum atomic E-state index is 12.7. The first-order valence-corrected chi connectivity index (χ1v) is 10.4. The smallest absolute Gasteiger partial charge is 0.261 e. The molecule has 5 nitrogen and oxygen atoms in total. The lowest BCUT2D eigenvalue weighted by Gasteiger charge is -2.23. The van der Waals surface area contributed by atoms with Gasteiger partial charge in [0.15, 0.2) is 0 Å². The fourth-order valence-corrected chi connectivity index (χ4v) is 4.82. The van der Waals surface area contributed by atoms with Crippen molar-refractivity contribution in [3.05, 3.63) is 47.0 Å². The van der Waals surface area contributed by atoms with Crippen LogP contribution in [0.2, 0.25) is 5.02 Å². The minimum Gasteiger partial charge on any atom is -0.324 e. The van der Waals surface area contributed by atoms with Crippen LogP contribution in [0.1, 0.15) is 18.9 Å². The van der Waals surface area contributed by atoms with Gasteiger partial charge in [-0.2, -0.15) is 0 Å². The van der Waals surface area contributed by atoms with Gasteiger partial charge in [-0.15, -0.1) is 11.8 Å². The van der Waals surface area contributed by atoms with Gasteiger partial charge in [0, 0.05) is 9.92 Å². The zero-order chi connectivity index (χ0) is 18.2. The Hall–Kier alpha value is -1.70. The van der Waals surface area contributed by atoms with Crippen molar-refractivity contribution >= 4 is 50.7 Å². The molecule has 25 heavy (non-hydrogen) atoms. The second kappa shape index (κ2) is 6.90. The molecule has 0 aromatic heterocycles. The van der Waals surface area contributed by atoms with E-state index in [2.05, 4.69) is 10.0 Å². The molecular weight excluding hydrogens is 380 g/mol. The van der Waals surface area contributed by atoms with Crippen molar-refractivity contribution < 1.29 is 13.2 Å². The highest BCUT2D eigenvalue weighted by Gasteiger charge is 2.27. The van der Waals surface area contributed by atoms with Crippen LogP contribution in [0.4, 0.5) is 11.4 Å². The fourth-order valence-electron chi connectivity index (χ4n) is 2.47. The number of thioether (sulfide) groups is 1. The van der Waals surface area contributed by atoms with Crippen molar-refractivity contribution in [3.8, 4) is 0 Å². The lowest BCUT2D eigenvalue weighted by atomic mass is 10.2. The minimum absolute atomic E-state index is 0.0847. The molecule has 1 atom stereocenters. The highest BCUT2D eigenvalue weighted by atomic mass is 35.5. The zero-order valence-corrected chi connectivity index (χ0v) is 16.1. The van der Waals surface area contributed by atoms with Crippen LogP contribution >= 0.6 is 23.4 Å². The van der Waals surface area contributed by atoms with Crippen molar-refractivity contribution in [2.75, 3.05) is 10.0 Å². The van der Waals surface area contributed by atoms with Gasteiger partial charge in [-0.25, -0.2) is 8.42 Å². The van der Waals surface area contributed by atoms with E-state index in [1.807, 2.05) is 6.92 Å². The third-order valence-electron chi connectivity index (χ3n) is 3.90. The van der Waals surface area contributed by atoms with Gasteiger partial charge in [-0.1, -0.05) is 24.6 Å². The molecule has 1 amide bonds. The summed E-state index contributed by atoms with van der Waals surface area (Å²) in [4.78, 5) is 13.0. The van der Waals surface area contributed by atoms with Gasteiger partial charge in [-0.05, 0) is 49.2 Å². The Morgan fingerprint density at radius 3 is 2.72 bits per heavy atom. The molecule has 0 aliphatic carbocycles. The van der Waals surface area contributed by atoms with E-state index < -0.39 is 10.0 Å². The number of halogens is 1. The molecule has 1 heterocycles. The Bertz CT molecular complexity index is 945. The third-order valence-corrected chi connectivity index (χ3v) is 6.94. The number of aryl methyl sites for hydroxylation is 1. The van der Waals surface area contributed by atoms with E-state index in [1.165, 1.54) is 23.9 Å². The Morgan fingerprint density at radius 2 is 2.00 bits per heavy atom. The molecule has 0 fully saturated rings. The molecule has 0 bridgehead atoms. The molecule has 3 rings (SSSR count). The Kier molecular flexibility index (Phi) is 4.99. The predicted octanol–water partition coefficient (Wildman–Crippen LogP) is 4.27. The molecule has 0 radical (unpaired) electrons. The summed E-state index contributed by atoms with van der Waals surface area (Å²) >= 11 is 7.39. The molecule has 8 heteroatoms. The molecule has 1 unspecified atom stereocenters. The quantitative estimate of drug-likeness (QED) is 0.809. The Balaban J connectivity index is 1.92. The van der Waals surface area contributed by atoms with Gasteiger partial charge >= 0.3 is 0 Å². The molecule has 0 spiro atoms. The number of fused-ring (bicyclic) bond motifs is 1. The number of anilines is 2. The van der Waals surface area contributed by atoms with Crippen LogP contribution in [-0.2, 0) is 14.8 Å². The van der Waals surface area contributed by atoms with Gasteiger partial charge < -0.3 is 5.32 Å². The van der Waals surface area contributed by atoms with Crippen molar-refractivity contribution in [1.29, 1.82) is 0 Å². The number of benzene rings is 2. The second-order valence-corrected chi connectivity index (χ2v) is 9.09. The number of carbonyl (C=O) groups is 1. The van der Waals surface area contributed by atoms with Crippen molar-refractivity contribution in [1.82, 2.24) is 0 Å². The van der Waals surface area contributed by atoms with E-state index in [9.17, 15) is 13.2 Å². The first kappa shape index (κ1) is 18.1. The molecule has 132 valence electrons. The topological polar surface area (TPSA) is 75.3 Å². The van der Waals surface area contributed by atoms with Crippen LogP contribution in [0, 0.1) is 6.92 Å². The van der Waals surface area contributed by atoms with Crippen LogP contribution in [0.5, 0.6) is 0 Å². The maximum absolute atomic E-state index is 12.7. The largest absolute Gasteiger partial charge is 0.324 e. The monoisotopic (exact) mass is 396 g/mol. The number of hydrogen-bond acceptors (Lipinski definition) is 4. The average Bonchev–Trinajstić information content (AvgIpc) is 2.56. The number of nitrogens with one attached hydrogen (secondary N) is 2. The summed E-state index contributed by atoms with van der Waals surface area (Å²) < 4.78 is 27.9. The summed E-state index contributed by atoms with van der Waals surface area (Å²) in [5, 5.41) is 3.08. The van der Waals surface area contributed by atoms with E-state index in [1.54, 1.807) is 31.2 Å². The van der Waals surface area contributed by atoms with Crippen molar-refractivity contribution in [2.24, 2.45) is 0 Å². The molecular formula is C17H17ClN2O3S2. The third kappa shape index (κ3) is 3.78. The van der Waals surface area contributed by atoms with Crippen LogP contribution in [0.25, 0.3) is 0 Å². The first-order chi connectivity index (χ1) is 11.8. The van der Waals surface area contributed by atoms with Gasteiger partial charge in [-0.3, -0.25) is 9.52 Å². The standard InChI is InChI=1S/C17H17ClN2O3S2/c1-3-15-17(21)19-14-9-12(6-7-16(14)24-15)25(22,23)20-13-8-11(18)5-4-10(13)2/h4-9,15,20H,3H2,1-2H3,(H,19,21). The second-order valence-electron chi connectivity index (χ2n) is 5.73. The number of rotatable bonds is 4. The zero-order valence-electron chi connectivity index (χ0n) is 13.7. The molecule has 1 aliphatic heterocycles. The number of sulfonamides is 1. The van der Waals surface area contributed by atoms with Crippen molar-refractivity contribution in [2.45, 2.75) is 35.3 Å². The summed E-state index contributed by atoms with van der Waals surface area (Å²) in [7, 11) is -3.79. The normalized spacial score (nSPS) is 16.9. The summed E-state index contributed by atoms with van der Waals surface area (Å²) in [5.74, 6) is -0.104. The first-order valence-electron chi connectivity index (χ1n) is 7.70. The van der Waals surface area contributed by atoms with E-state index in [4.69, 9.17) is 11.6 Å². The fraction of sp³-hybridized carbons (Fsp3) is 0.235. The van der Waals surface area contributed by atoms with Crippen molar-refractivity contribution in [3.63, 3.8) is 0 Å². The minimum atomic E-state index is -3.79. The summed E-state index contributed by atoms with van der Waals surface area (Å²) in [6, 6.07) is 9.75. The highest BCUT2D eigenvalue weighted by molar-refractivity contribution is 8.01. The van der Waals surface area contributed by atoms with Gasteiger partial charge in [0.05, 0.1) is 21.5 Å². The predicted molar refractivity (Wildman–Crippen MR) is 102 cm³/mol. The molecule has 0 saturated carbocycles. The lowest BCUT2D eigenvalue weighted by molar-refractivity contribution is -0.115. The maximum Gasteiger partial charge on any atom is 0.261 e. The van der Waals surface area contributed by atoms with E-state index in [-0.39, 0.29) is 16.1 Å². The van der Waals surface area contributed by atoms with Gasteiger partial charge in [0.25, 0.3) is 10.0 Å². The molecule has 2 N–H and O–H groups in total. The van der Waals surface area contributed by atoms with Gasteiger partial charge in [0.1, 0.15) is 0 Å². The number of carbonyl (C=O) groups excluding carboxylic acids is 1. The molecule has 1 aliphatic rings.